The van der Waals surface area contributed by atoms with E-state index in [-0.39, 0.29) is 33.5 Å². The van der Waals surface area contributed by atoms with Crippen molar-refractivity contribution in [2.45, 2.75) is 67.7 Å². The summed E-state index contributed by atoms with van der Waals surface area (Å²) in [6.07, 6.45) is 1.87. The van der Waals surface area contributed by atoms with Gasteiger partial charge in [0.25, 0.3) is 0 Å². The van der Waals surface area contributed by atoms with Crippen molar-refractivity contribution in [2.75, 3.05) is 0 Å². The van der Waals surface area contributed by atoms with Gasteiger partial charge in [-0.25, -0.2) is 0 Å². The fourth-order valence-electron chi connectivity index (χ4n) is 6.65. The van der Waals surface area contributed by atoms with Crippen molar-refractivity contribution in [2.24, 2.45) is 0 Å². The standard InChI is InChI=1S/C40H41N4O.Au/c1-23-16-25(3)37(26(4)17-23)31-21-32(30-12-10-11-13-36(30)45)42-39(31)44-35(38-27(5)18-24(2)19-28(38)6)22-34(43-44)33-20-29(14-15-41-33)40(7,8)9;/h10-22H,1-9H3,(H-,41,42,43,45);/q-1;+1. The van der Waals surface area contributed by atoms with Crippen LogP contribution in [0.1, 0.15) is 59.7 Å². The average Bonchev–Trinajstić information content (AvgIpc) is 3.57. The largest absolute Gasteiger partial charge is 1.00 e. The second-order valence-electron chi connectivity index (χ2n) is 13.4. The monoisotopic (exact) mass is 790 g/mol. The summed E-state index contributed by atoms with van der Waals surface area (Å²) in [4.78, 5) is 10.0. The summed E-state index contributed by atoms with van der Waals surface area (Å²) in [6, 6.07) is 24.7. The third kappa shape index (κ3) is 6.15. The predicted octanol–water partition coefficient (Wildman–Crippen LogP) is 9.74. The fraction of sp³-hybridized carbons (Fsp3) is 0.250. The van der Waals surface area contributed by atoms with Crippen molar-refractivity contribution in [3.05, 3.63) is 118 Å². The van der Waals surface area contributed by atoms with Gasteiger partial charge in [0.2, 0.25) is 0 Å². The van der Waals surface area contributed by atoms with Crippen LogP contribution in [0.5, 0.6) is 5.75 Å². The minimum Gasteiger partial charge on any atom is -0.507 e. The Morgan fingerprint density at radius 2 is 1.26 bits per heavy atom. The first-order valence-electron chi connectivity index (χ1n) is 15.5. The molecule has 0 bridgehead atoms. The Morgan fingerprint density at radius 3 is 1.85 bits per heavy atom. The van der Waals surface area contributed by atoms with Crippen molar-refractivity contribution in [1.82, 2.24) is 19.7 Å². The molecule has 46 heavy (non-hydrogen) atoms. The fourth-order valence-corrected chi connectivity index (χ4v) is 6.65. The zero-order valence-electron chi connectivity index (χ0n) is 28.0. The maximum absolute atomic E-state index is 10.9. The first kappa shape index (κ1) is 33.2. The van der Waals surface area contributed by atoms with Gasteiger partial charge in [-0.1, -0.05) is 80.4 Å². The van der Waals surface area contributed by atoms with Crippen molar-refractivity contribution >= 4 is 0 Å². The van der Waals surface area contributed by atoms with Crippen LogP contribution in [0.25, 0.3) is 50.8 Å². The second kappa shape index (κ2) is 12.6. The number of aromatic nitrogens is 4. The van der Waals surface area contributed by atoms with Crippen LogP contribution in [-0.4, -0.2) is 19.9 Å². The molecule has 0 aliphatic rings. The number of aryl methyl sites for hydroxylation is 6. The number of phenols is 1. The van der Waals surface area contributed by atoms with Crippen molar-refractivity contribution in [3.8, 4) is 56.6 Å². The minimum absolute atomic E-state index is 0. The molecule has 6 rings (SSSR count). The molecule has 0 saturated heterocycles. The number of hydrogen-bond acceptors (Lipinski definition) is 3. The molecule has 6 aromatic rings. The molecule has 0 amide bonds. The molecule has 6 heteroatoms. The Bertz CT molecular complexity index is 2030. The van der Waals surface area contributed by atoms with Crippen molar-refractivity contribution < 1.29 is 27.5 Å². The van der Waals surface area contributed by atoms with E-state index in [9.17, 15) is 5.11 Å². The molecule has 0 aliphatic carbocycles. The van der Waals surface area contributed by atoms with Gasteiger partial charge in [-0.3, -0.25) is 10.1 Å². The third-order valence-electron chi connectivity index (χ3n) is 8.61. The average molecular weight is 791 g/mol. The Kier molecular flexibility index (Phi) is 9.07. The van der Waals surface area contributed by atoms with Crippen LogP contribution < -0.4 is 4.98 Å². The van der Waals surface area contributed by atoms with E-state index < -0.39 is 0 Å². The summed E-state index contributed by atoms with van der Waals surface area (Å²) < 4.78 is 1.99. The summed E-state index contributed by atoms with van der Waals surface area (Å²) >= 11 is 0. The Hall–Kier alpha value is -4.16. The van der Waals surface area contributed by atoms with Crippen LogP contribution in [0.3, 0.4) is 0 Å². The van der Waals surface area contributed by atoms with Crippen LogP contribution in [0.15, 0.2) is 79.0 Å². The molecule has 0 unspecified atom stereocenters. The van der Waals surface area contributed by atoms with Crippen LogP contribution in [-0.2, 0) is 27.8 Å². The van der Waals surface area contributed by atoms with Gasteiger partial charge in [-0.05, 0) is 133 Å². The molecular weight excluding hydrogens is 749 g/mol. The molecule has 3 aromatic carbocycles. The molecule has 3 aromatic heterocycles. The number of rotatable bonds is 5. The molecule has 0 saturated carbocycles. The van der Waals surface area contributed by atoms with E-state index in [0.717, 1.165) is 39.6 Å². The van der Waals surface area contributed by atoms with Gasteiger partial charge in [0, 0.05) is 11.8 Å². The number of phenolic OH excluding ortho intramolecular Hbond substituents is 1. The molecular formula is C40H41AuN4O. The molecule has 5 nitrogen and oxygen atoms in total. The number of pyridine rings is 1. The van der Waals surface area contributed by atoms with E-state index in [1.807, 2.05) is 29.1 Å². The zero-order valence-corrected chi connectivity index (χ0v) is 30.2. The van der Waals surface area contributed by atoms with Crippen LogP contribution in [0.2, 0.25) is 0 Å². The quantitative estimate of drug-likeness (QED) is 0.177. The van der Waals surface area contributed by atoms with E-state index in [1.54, 1.807) is 6.07 Å². The number of hydrogen-bond donors (Lipinski definition) is 1. The molecule has 238 valence electrons. The molecule has 3 heterocycles. The maximum Gasteiger partial charge on any atom is 1.00 e. The SMILES string of the molecule is Cc1cc(C)c(-c2cc(-c3ccccc3O)[n-]c2-n2nc(-c3cc(C(C)(C)C)ccn3)cc2-c2c(C)cc(C)cc2C)c(C)c1.[Au+]. The number of para-hydroxylation sites is 1. The maximum atomic E-state index is 10.9. The Labute approximate surface area is 288 Å². The molecule has 1 N–H and O–H groups in total. The van der Waals surface area contributed by atoms with Crippen molar-refractivity contribution in [3.63, 3.8) is 0 Å². The van der Waals surface area contributed by atoms with E-state index >= 15 is 0 Å². The molecule has 0 fully saturated rings. The zero-order chi connectivity index (χ0) is 32.2. The van der Waals surface area contributed by atoms with E-state index in [1.165, 1.54) is 38.9 Å². The van der Waals surface area contributed by atoms with Gasteiger partial charge in [-0.2, -0.15) is 0 Å². The minimum atomic E-state index is -0.0271. The summed E-state index contributed by atoms with van der Waals surface area (Å²) in [5.74, 6) is 0.913. The van der Waals surface area contributed by atoms with Gasteiger partial charge in [0.05, 0.1) is 11.4 Å². The molecule has 0 radical (unpaired) electrons. The van der Waals surface area contributed by atoms with Gasteiger partial charge in [-0.15, -0.1) is 0 Å². The first-order valence-corrected chi connectivity index (χ1v) is 15.5. The molecule has 0 atom stereocenters. The number of nitrogens with zero attached hydrogens (tertiary/aromatic N) is 4. The predicted molar refractivity (Wildman–Crippen MR) is 185 cm³/mol. The third-order valence-corrected chi connectivity index (χ3v) is 8.61. The van der Waals surface area contributed by atoms with Crippen LogP contribution in [0.4, 0.5) is 0 Å². The van der Waals surface area contributed by atoms with Gasteiger partial charge >= 0.3 is 22.4 Å². The smallest absolute Gasteiger partial charge is 0.507 e. The number of benzene rings is 3. The normalized spacial score (nSPS) is 11.5. The first-order chi connectivity index (χ1) is 21.3. The van der Waals surface area contributed by atoms with Gasteiger partial charge in [0.15, 0.2) is 0 Å². The summed E-state index contributed by atoms with van der Waals surface area (Å²) in [7, 11) is 0. The summed E-state index contributed by atoms with van der Waals surface area (Å²) in [5.41, 5.74) is 15.5. The van der Waals surface area contributed by atoms with E-state index in [0.29, 0.717) is 11.3 Å². The Balaban J connectivity index is 0.00000417. The summed E-state index contributed by atoms with van der Waals surface area (Å²) in [5, 5.41) is 16.1. The van der Waals surface area contributed by atoms with Crippen LogP contribution in [0, 0.1) is 41.5 Å². The summed E-state index contributed by atoms with van der Waals surface area (Å²) in [6.45, 7) is 19.5. The number of aromatic hydroxyl groups is 1. The topological polar surface area (TPSA) is 65.0 Å². The van der Waals surface area contributed by atoms with E-state index in [4.69, 9.17) is 15.1 Å². The van der Waals surface area contributed by atoms with Gasteiger partial charge in [0.1, 0.15) is 5.75 Å². The molecule has 0 aliphatic heterocycles. The Morgan fingerprint density at radius 1 is 0.674 bits per heavy atom. The molecule has 0 spiro atoms. The van der Waals surface area contributed by atoms with Crippen LogP contribution >= 0.6 is 0 Å². The van der Waals surface area contributed by atoms with Crippen molar-refractivity contribution in [1.29, 1.82) is 0 Å². The second-order valence-corrected chi connectivity index (χ2v) is 13.4. The van der Waals surface area contributed by atoms with E-state index in [2.05, 4.69) is 111 Å². The van der Waals surface area contributed by atoms with Gasteiger partial charge < -0.3 is 14.8 Å².